The van der Waals surface area contributed by atoms with Crippen LogP contribution in [-0.4, -0.2) is 11.7 Å². The van der Waals surface area contributed by atoms with Crippen LogP contribution in [0, 0.1) is 0 Å². The molecule has 2 rings (SSSR count). The third kappa shape index (κ3) is 4.33. The smallest absolute Gasteiger partial charge is 0.251 e. The number of hydroxylamine groups is 1. The second kappa shape index (κ2) is 7.21. The van der Waals surface area contributed by atoms with E-state index in [1.165, 1.54) is 0 Å². The Morgan fingerprint density at radius 2 is 1.50 bits per heavy atom. The van der Waals surface area contributed by atoms with Gasteiger partial charge in [0.15, 0.2) is 5.78 Å². The van der Waals surface area contributed by atoms with Gasteiger partial charge in [0, 0.05) is 5.56 Å². The first-order valence-corrected chi connectivity index (χ1v) is 6.28. The Hall–Kier alpha value is -2.46. The van der Waals surface area contributed by atoms with Gasteiger partial charge in [0.25, 0.3) is 5.91 Å². The number of nitrogens with one attached hydrogen (secondary N) is 1. The van der Waals surface area contributed by atoms with Crippen molar-refractivity contribution < 1.29 is 14.4 Å². The van der Waals surface area contributed by atoms with Gasteiger partial charge in [-0.05, 0) is 5.56 Å². The van der Waals surface area contributed by atoms with E-state index in [4.69, 9.17) is 4.84 Å². The van der Waals surface area contributed by atoms with Crippen LogP contribution < -0.4 is 5.48 Å². The predicted octanol–water partition coefficient (Wildman–Crippen LogP) is 2.51. The molecule has 1 N–H and O–H groups in total. The van der Waals surface area contributed by atoms with Crippen molar-refractivity contribution >= 4 is 11.7 Å². The lowest BCUT2D eigenvalue weighted by atomic mass is 10.1. The molecule has 20 heavy (non-hydrogen) atoms. The lowest BCUT2D eigenvalue weighted by Crippen LogP contribution is -2.25. The van der Waals surface area contributed by atoms with Crippen LogP contribution in [0.4, 0.5) is 0 Å². The molecule has 0 atom stereocenters. The van der Waals surface area contributed by atoms with E-state index in [0.717, 1.165) is 5.56 Å². The molecule has 0 saturated heterocycles. The molecule has 0 fully saturated rings. The summed E-state index contributed by atoms with van der Waals surface area (Å²) >= 11 is 0. The molecule has 4 heteroatoms. The van der Waals surface area contributed by atoms with Crippen LogP contribution in [0.5, 0.6) is 0 Å². The number of hydrogen-bond donors (Lipinski definition) is 1. The van der Waals surface area contributed by atoms with Gasteiger partial charge in [-0.3, -0.25) is 14.4 Å². The van der Waals surface area contributed by atoms with E-state index in [2.05, 4.69) is 5.48 Å². The zero-order valence-corrected chi connectivity index (χ0v) is 10.9. The van der Waals surface area contributed by atoms with Crippen LogP contribution in [0.15, 0.2) is 60.7 Å². The number of carbonyl (C=O) groups is 2. The Morgan fingerprint density at radius 1 is 0.900 bits per heavy atom. The number of carbonyl (C=O) groups excluding carboxylic acids is 2. The molecule has 0 aliphatic rings. The summed E-state index contributed by atoms with van der Waals surface area (Å²) in [4.78, 5) is 28.4. The van der Waals surface area contributed by atoms with E-state index >= 15 is 0 Å². The van der Waals surface area contributed by atoms with Crippen LogP contribution >= 0.6 is 0 Å². The average Bonchev–Trinajstić information content (AvgIpc) is 2.49. The SMILES string of the molecule is O=C(CC(=O)c1ccccc1)NOCc1ccccc1. The van der Waals surface area contributed by atoms with Gasteiger partial charge in [-0.1, -0.05) is 60.7 Å². The summed E-state index contributed by atoms with van der Waals surface area (Å²) in [5, 5.41) is 0. The Labute approximate surface area is 117 Å². The van der Waals surface area contributed by atoms with E-state index in [1.807, 2.05) is 36.4 Å². The first-order valence-electron chi connectivity index (χ1n) is 6.28. The highest BCUT2D eigenvalue weighted by molar-refractivity contribution is 6.07. The largest absolute Gasteiger partial charge is 0.294 e. The van der Waals surface area contributed by atoms with Crippen molar-refractivity contribution in [1.82, 2.24) is 5.48 Å². The van der Waals surface area contributed by atoms with Crippen molar-refractivity contribution in [3.8, 4) is 0 Å². The lowest BCUT2D eigenvalue weighted by molar-refractivity contribution is -0.133. The third-order valence-electron chi connectivity index (χ3n) is 2.68. The maximum absolute atomic E-state index is 11.8. The van der Waals surface area contributed by atoms with Gasteiger partial charge in [-0.2, -0.15) is 0 Å². The molecule has 0 aliphatic heterocycles. The molecule has 1 amide bonds. The minimum atomic E-state index is -0.449. The molecule has 2 aromatic rings. The van der Waals surface area contributed by atoms with Crippen LogP contribution in [0.3, 0.4) is 0 Å². The number of Topliss-reactive ketones (excluding diaryl/α,β-unsaturated/α-hetero) is 1. The molecule has 0 saturated carbocycles. The molecular weight excluding hydrogens is 254 g/mol. The Bertz CT molecular complexity index is 567. The summed E-state index contributed by atoms with van der Waals surface area (Å²) in [6, 6.07) is 18.2. The first kappa shape index (κ1) is 14.0. The summed E-state index contributed by atoms with van der Waals surface area (Å²) in [5.74, 6) is -0.679. The number of benzene rings is 2. The average molecular weight is 269 g/mol. The Kier molecular flexibility index (Phi) is 5.03. The van der Waals surface area contributed by atoms with Crippen molar-refractivity contribution in [1.29, 1.82) is 0 Å². The molecular formula is C16H15NO3. The van der Waals surface area contributed by atoms with Gasteiger partial charge in [-0.25, -0.2) is 5.48 Å². The summed E-state index contributed by atoms with van der Waals surface area (Å²) in [6.07, 6.45) is -0.223. The number of hydrogen-bond acceptors (Lipinski definition) is 3. The first-order chi connectivity index (χ1) is 9.75. The summed E-state index contributed by atoms with van der Waals surface area (Å²) < 4.78 is 0. The molecule has 0 radical (unpaired) electrons. The van der Waals surface area contributed by atoms with Crippen LogP contribution in [0.2, 0.25) is 0 Å². The van der Waals surface area contributed by atoms with Crippen molar-refractivity contribution in [2.75, 3.05) is 0 Å². The summed E-state index contributed by atoms with van der Waals surface area (Å²) in [7, 11) is 0. The molecule has 0 heterocycles. The fourth-order valence-corrected chi connectivity index (χ4v) is 1.68. The van der Waals surface area contributed by atoms with Gasteiger partial charge < -0.3 is 0 Å². The minimum absolute atomic E-state index is 0.223. The maximum Gasteiger partial charge on any atom is 0.251 e. The third-order valence-corrected chi connectivity index (χ3v) is 2.68. The van der Waals surface area contributed by atoms with Crippen LogP contribution in [0.25, 0.3) is 0 Å². The monoisotopic (exact) mass is 269 g/mol. The van der Waals surface area contributed by atoms with Gasteiger partial charge in [0.05, 0.1) is 13.0 Å². The van der Waals surface area contributed by atoms with Crippen molar-refractivity contribution in [2.45, 2.75) is 13.0 Å². The van der Waals surface area contributed by atoms with Gasteiger partial charge in [0.1, 0.15) is 0 Å². The number of amides is 1. The summed E-state index contributed by atoms with van der Waals surface area (Å²) in [6.45, 7) is 0.270. The second-order valence-electron chi connectivity index (χ2n) is 4.27. The van der Waals surface area contributed by atoms with Crippen LogP contribution in [-0.2, 0) is 16.2 Å². The highest BCUT2D eigenvalue weighted by Crippen LogP contribution is 2.03. The molecule has 0 aliphatic carbocycles. The Balaban J connectivity index is 1.74. The number of rotatable bonds is 6. The zero-order valence-electron chi connectivity index (χ0n) is 10.9. The summed E-state index contributed by atoms with van der Waals surface area (Å²) in [5.41, 5.74) is 3.74. The zero-order chi connectivity index (χ0) is 14.2. The van der Waals surface area contributed by atoms with E-state index in [0.29, 0.717) is 5.56 Å². The molecule has 0 aromatic heterocycles. The van der Waals surface area contributed by atoms with Crippen molar-refractivity contribution in [3.63, 3.8) is 0 Å². The quantitative estimate of drug-likeness (QED) is 0.498. The molecule has 2 aromatic carbocycles. The van der Waals surface area contributed by atoms with Gasteiger partial charge in [-0.15, -0.1) is 0 Å². The van der Waals surface area contributed by atoms with Gasteiger partial charge >= 0.3 is 0 Å². The maximum atomic E-state index is 11.8. The number of ketones is 1. The second-order valence-corrected chi connectivity index (χ2v) is 4.27. The lowest BCUT2D eigenvalue weighted by Gasteiger charge is -2.05. The van der Waals surface area contributed by atoms with E-state index in [1.54, 1.807) is 24.3 Å². The van der Waals surface area contributed by atoms with E-state index in [-0.39, 0.29) is 18.8 Å². The van der Waals surface area contributed by atoms with Crippen molar-refractivity contribution in [3.05, 3.63) is 71.8 Å². The minimum Gasteiger partial charge on any atom is -0.294 e. The molecule has 0 unspecified atom stereocenters. The predicted molar refractivity (Wildman–Crippen MR) is 74.8 cm³/mol. The highest BCUT2D eigenvalue weighted by Gasteiger charge is 2.11. The molecule has 102 valence electrons. The van der Waals surface area contributed by atoms with E-state index in [9.17, 15) is 9.59 Å². The topological polar surface area (TPSA) is 55.4 Å². The van der Waals surface area contributed by atoms with Crippen LogP contribution in [0.1, 0.15) is 22.3 Å². The normalized spacial score (nSPS) is 10.0. The highest BCUT2D eigenvalue weighted by atomic mass is 16.6. The molecule has 0 spiro atoms. The molecule has 0 bridgehead atoms. The standard InChI is InChI=1S/C16H15NO3/c18-15(14-9-5-2-6-10-14)11-16(19)17-20-12-13-7-3-1-4-8-13/h1-10H,11-12H2,(H,17,19). The van der Waals surface area contributed by atoms with E-state index < -0.39 is 5.91 Å². The van der Waals surface area contributed by atoms with Crippen molar-refractivity contribution in [2.24, 2.45) is 0 Å². The fourth-order valence-electron chi connectivity index (χ4n) is 1.68. The van der Waals surface area contributed by atoms with Gasteiger partial charge in [0.2, 0.25) is 0 Å². The fraction of sp³-hybridized carbons (Fsp3) is 0.125. The Morgan fingerprint density at radius 3 is 2.15 bits per heavy atom. The molecule has 4 nitrogen and oxygen atoms in total.